The van der Waals surface area contributed by atoms with Gasteiger partial charge < -0.3 is 19.6 Å². The number of aromatic nitrogens is 3. The van der Waals surface area contributed by atoms with Crippen molar-refractivity contribution in [2.45, 2.75) is 25.3 Å². The van der Waals surface area contributed by atoms with Crippen LogP contribution in [0.1, 0.15) is 44.5 Å². The van der Waals surface area contributed by atoms with Gasteiger partial charge in [-0.25, -0.2) is 9.37 Å². The highest BCUT2D eigenvalue weighted by molar-refractivity contribution is 9.10. The Hall–Kier alpha value is -3.44. The molecule has 1 aliphatic heterocycles. The summed E-state index contributed by atoms with van der Waals surface area (Å²) in [6.07, 6.45) is 8.46. The van der Waals surface area contributed by atoms with Gasteiger partial charge in [0.25, 0.3) is 5.91 Å². The van der Waals surface area contributed by atoms with E-state index in [1.54, 1.807) is 12.1 Å². The van der Waals surface area contributed by atoms with E-state index in [2.05, 4.69) is 49.3 Å². The second kappa shape index (κ2) is 16.0. The van der Waals surface area contributed by atoms with Crippen molar-refractivity contribution >= 4 is 40.2 Å². The number of likely N-dealkylation sites (N-methyl/N-ethyl adjacent to an activating group) is 1. The van der Waals surface area contributed by atoms with E-state index in [1.807, 2.05) is 55.1 Å². The summed E-state index contributed by atoms with van der Waals surface area (Å²) in [7, 11) is 3.97. The van der Waals surface area contributed by atoms with Gasteiger partial charge in [-0.3, -0.25) is 14.7 Å². The van der Waals surface area contributed by atoms with Crippen molar-refractivity contribution in [1.29, 1.82) is 0 Å². The molecule has 8 nitrogen and oxygen atoms in total. The van der Waals surface area contributed by atoms with Crippen molar-refractivity contribution < 1.29 is 14.0 Å². The number of nitrogens with one attached hydrogen (secondary N) is 1. The van der Waals surface area contributed by atoms with Crippen LogP contribution in [0.15, 0.2) is 71.7 Å². The molecule has 232 valence electrons. The minimum Gasteiger partial charge on any atom is -0.338 e. The minimum absolute atomic E-state index is 0.0240. The number of benzene rings is 2. The lowest BCUT2D eigenvalue weighted by atomic mass is 9.96. The van der Waals surface area contributed by atoms with Gasteiger partial charge in [0.1, 0.15) is 12.6 Å². The summed E-state index contributed by atoms with van der Waals surface area (Å²) < 4.78 is 16.2. The Morgan fingerprint density at radius 2 is 1.75 bits per heavy atom. The first-order valence-electron chi connectivity index (χ1n) is 14.4. The molecule has 6 rings (SSSR count). The summed E-state index contributed by atoms with van der Waals surface area (Å²) in [5.74, 6) is -0.392. The number of pyridine rings is 1. The molecule has 1 fully saturated rings. The maximum Gasteiger partial charge on any atom is 0.253 e. The maximum absolute atomic E-state index is 13.2. The van der Waals surface area contributed by atoms with Crippen molar-refractivity contribution in [3.05, 3.63) is 116 Å². The highest BCUT2D eigenvalue weighted by atomic mass is 79.9. The van der Waals surface area contributed by atoms with Gasteiger partial charge in [-0.15, -0.1) is 0 Å². The predicted molar refractivity (Wildman–Crippen MR) is 174 cm³/mol. The molecule has 1 unspecified atom stereocenters. The molecule has 0 saturated carbocycles. The highest BCUT2D eigenvalue weighted by Crippen LogP contribution is 2.38. The second-order valence-electron chi connectivity index (χ2n) is 10.6. The monoisotopic (exact) mass is 682 g/mol. The van der Waals surface area contributed by atoms with Gasteiger partial charge in [0, 0.05) is 79.3 Å². The van der Waals surface area contributed by atoms with Crippen LogP contribution in [0.2, 0.25) is 5.02 Å². The molecule has 11 heteroatoms. The average Bonchev–Trinajstić information content (AvgIpc) is 3.39. The van der Waals surface area contributed by atoms with Crippen LogP contribution in [0, 0.1) is 5.82 Å². The Labute approximate surface area is 271 Å². The molecule has 0 bridgehead atoms. The van der Waals surface area contributed by atoms with Crippen molar-refractivity contribution in [3.8, 4) is 0 Å². The van der Waals surface area contributed by atoms with E-state index in [4.69, 9.17) is 21.4 Å². The highest BCUT2D eigenvalue weighted by Gasteiger charge is 2.33. The van der Waals surface area contributed by atoms with Gasteiger partial charge in [-0.05, 0) is 95.0 Å². The van der Waals surface area contributed by atoms with Crippen LogP contribution < -0.4 is 5.32 Å². The second-order valence-corrected chi connectivity index (χ2v) is 12.0. The van der Waals surface area contributed by atoms with Gasteiger partial charge in [0.05, 0.1) is 18.1 Å². The zero-order valence-corrected chi connectivity index (χ0v) is 27.3. The number of aryl methyl sites for hydroxylation is 3. The van der Waals surface area contributed by atoms with Crippen molar-refractivity contribution in [1.82, 2.24) is 29.7 Å². The van der Waals surface area contributed by atoms with Crippen LogP contribution in [0.3, 0.4) is 0 Å². The average molecular weight is 684 g/mol. The lowest BCUT2D eigenvalue weighted by Gasteiger charge is -2.39. The molecule has 2 aromatic heterocycles. The van der Waals surface area contributed by atoms with Gasteiger partial charge >= 0.3 is 0 Å². The molecular formula is C33H37BrClFN6O2. The number of carbonyl (C=O) groups is 2. The third-order valence-electron chi connectivity index (χ3n) is 7.90. The number of halogens is 3. The molecule has 2 aliphatic rings. The van der Waals surface area contributed by atoms with Crippen LogP contribution in [-0.4, -0.2) is 76.8 Å². The molecule has 1 atom stereocenters. The maximum atomic E-state index is 13.2. The van der Waals surface area contributed by atoms with E-state index >= 15 is 0 Å². The summed E-state index contributed by atoms with van der Waals surface area (Å²) in [5.41, 5.74) is 6.59. The van der Waals surface area contributed by atoms with Crippen molar-refractivity contribution in [2.75, 3.05) is 39.8 Å². The lowest BCUT2D eigenvalue weighted by molar-refractivity contribution is -0.0980. The zero-order chi connectivity index (χ0) is 31.6. The van der Waals surface area contributed by atoms with E-state index in [0.717, 1.165) is 54.1 Å². The van der Waals surface area contributed by atoms with E-state index in [9.17, 15) is 9.18 Å². The van der Waals surface area contributed by atoms with Crippen LogP contribution in [0.25, 0.3) is 0 Å². The SMILES string of the molecule is C=O.CNCCc1cncn1C.O=C(c1ccc(F)cc1)N1CCN(C2c3ccc(Cl)cc3CCc3cc(Br)cnc32)CC1. The van der Waals surface area contributed by atoms with Crippen LogP contribution in [0.5, 0.6) is 0 Å². The quantitative estimate of drug-likeness (QED) is 0.309. The number of imidazole rings is 1. The van der Waals surface area contributed by atoms with Crippen molar-refractivity contribution in [2.24, 2.45) is 7.05 Å². The number of nitrogens with zero attached hydrogens (tertiary/aromatic N) is 5. The molecular weight excluding hydrogens is 647 g/mol. The standard InChI is InChI=1S/C25H22BrClFN3O.C7H13N3.CH2O/c26-19-13-18-2-1-17-14-20(27)5-8-22(17)24(23(18)29-15-19)30-9-11-31(12-10-30)25(32)16-3-6-21(28)7-4-16;1-8-4-3-7-5-9-6-10(7)2;1-2/h3-8,13-15,24H,1-2,9-12H2;5-6,8H,3-4H2,1-2H3;1H2. The van der Waals surface area contributed by atoms with Crippen molar-refractivity contribution in [3.63, 3.8) is 0 Å². The molecule has 0 radical (unpaired) electrons. The summed E-state index contributed by atoms with van der Waals surface area (Å²) in [4.78, 5) is 34.0. The number of piperazine rings is 1. The fraction of sp³-hybridized carbons (Fsp3) is 0.333. The molecule has 4 aromatic rings. The molecule has 1 N–H and O–H groups in total. The molecule has 44 heavy (non-hydrogen) atoms. The molecule has 0 spiro atoms. The van der Waals surface area contributed by atoms with Gasteiger partial charge in [-0.2, -0.15) is 0 Å². The largest absolute Gasteiger partial charge is 0.338 e. The number of amides is 1. The lowest BCUT2D eigenvalue weighted by Crippen LogP contribution is -2.50. The Morgan fingerprint density at radius 1 is 1.05 bits per heavy atom. The fourth-order valence-electron chi connectivity index (χ4n) is 5.62. The van der Waals surface area contributed by atoms with Gasteiger partial charge in [0.2, 0.25) is 0 Å². The molecule has 1 aliphatic carbocycles. The van der Waals surface area contributed by atoms with Crippen LogP contribution in [-0.2, 0) is 31.1 Å². The molecule has 1 saturated heterocycles. The third kappa shape index (κ3) is 8.18. The van der Waals surface area contributed by atoms with Gasteiger partial charge in [-0.1, -0.05) is 17.7 Å². The topological polar surface area (TPSA) is 83.4 Å². The first-order valence-corrected chi connectivity index (χ1v) is 15.6. The van der Waals surface area contributed by atoms with Gasteiger partial charge in [0.15, 0.2) is 0 Å². The first-order chi connectivity index (χ1) is 21.3. The fourth-order valence-corrected chi connectivity index (χ4v) is 6.19. The predicted octanol–water partition coefficient (Wildman–Crippen LogP) is 5.28. The molecule has 2 aromatic carbocycles. The van der Waals surface area contributed by atoms with Crippen LogP contribution >= 0.6 is 27.5 Å². The number of hydrogen-bond acceptors (Lipinski definition) is 6. The van der Waals surface area contributed by atoms with E-state index < -0.39 is 0 Å². The normalized spacial score (nSPS) is 15.9. The van der Waals surface area contributed by atoms with E-state index in [-0.39, 0.29) is 17.8 Å². The third-order valence-corrected chi connectivity index (χ3v) is 8.56. The summed E-state index contributed by atoms with van der Waals surface area (Å²) in [6, 6.07) is 14.1. The van der Waals surface area contributed by atoms with Crippen LogP contribution in [0.4, 0.5) is 4.39 Å². The molecule has 1 amide bonds. The summed E-state index contributed by atoms with van der Waals surface area (Å²) >= 11 is 9.88. The van der Waals surface area contributed by atoms with E-state index in [1.165, 1.54) is 34.5 Å². The number of rotatable bonds is 5. The smallest absolute Gasteiger partial charge is 0.253 e. The zero-order valence-electron chi connectivity index (χ0n) is 25.0. The molecule has 3 heterocycles. The Morgan fingerprint density at radius 3 is 2.41 bits per heavy atom. The Balaban J connectivity index is 0.000000312. The Kier molecular flexibility index (Phi) is 12.2. The number of carbonyl (C=O) groups excluding carboxylic acids is 2. The number of fused-ring (bicyclic) bond motifs is 2. The summed E-state index contributed by atoms with van der Waals surface area (Å²) in [5, 5.41) is 3.84. The Bertz CT molecular complexity index is 1490. The van der Waals surface area contributed by atoms with E-state index in [0.29, 0.717) is 18.7 Å². The summed E-state index contributed by atoms with van der Waals surface area (Å²) in [6.45, 7) is 5.70. The number of hydrogen-bond donors (Lipinski definition) is 1. The minimum atomic E-state index is -0.337. The first kappa shape index (κ1) is 33.5.